The van der Waals surface area contributed by atoms with Crippen molar-refractivity contribution in [2.75, 3.05) is 14.1 Å². The number of benzene rings is 1. The first-order valence-electron chi connectivity index (χ1n) is 7.71. The van der Waals surface area contributed by atoms with Gasteiger partial charge in [-0.3, -0.25) is 0 Å². The summed E-state index contributed by atoms with van der Waals surface area (Å²) in [4.78, 5) is 12.4. The highest BCUT2D eigenvalue weighted by Crippen LogP contribution is 2.20. The molecule has 0 atom stereocenters. The summed E-state index contributed by atoms with van der Waals surface area (Å²) in [6.45, 7) is 4.75. The van der Waals surface area contributed by atoms with Crippen molar-refractivity contribution in [1.82, 2.24) is 23.8 Å². The van der Waals surface area contributed by atoms with E-state index in [0.29, 0.717) is 18.0 Å². The molecule has 3 aromatic rings. The fourth-order valence-corrected chi connectivity index (χ4v) is 3.53. The summed E-state index contributed by atoms with van der Waals surface area (Å²) in [5.41, 5.74) is 1.45. The van der Waals surface area contributed by atoms with Crippen LogP contribution in [0.3, 0.4) is 0 Å². The lowest BCUT2D eigenvalue weighted by atomic mass is 10.2. The molecule has 2 aromatic heterocycles. The van der Waals surface area contributed by atoms with Gasteiger partial charge in [0.2, 0.25) is 10.0 Å². The number of imidazole rings is 2. The molecule has 2 heterocycles. The molecule has 0 radical (unpaired) electrons. The Morgan fingerprint density at radius 1 is 1.29 bits per heavy atom. The Morgan fingerprint density at radius 2 is 2.04 bits per heavy atom. The summed E-state index contributed by atoms with van der Waals surface area (Å²) in [6, 6.07) is 4.93. The molecule has 0 aliphatic carbocycles. The van der Waals surface area contributed by atoms with E-state index in [2.05, 4.69) is 28.8 Å². The lowest BCUT2D eigenvalue weighted by Gasteiger charge is -2.10. The smallest absolute Gasteiger partial charge is 0.242 e. The third kappa shape index (κ3) is 2.94. The van der Waals surface area contributed by atoms with Crippen LogP contribution in [0.4, 0.5) is 0 Å². The van der Waals surface area contributed by atoms with Crippen LogP contribution < -0.4 is 0 Å². The highest BCUT2D eigenvalue weighted by molar-refractivity contribution is 7.89. The third-order valence-corrected chi connectivity index (χ3v) is 5.68. The highest BCUT2D eigenvalue weighted by atomic mass is 32.2. The van der Waals surface area contributed by atoms with Gasteiger partial charge in [0.1, 0.15) is 11.6 Å². The summed E-state index contributed by atoms with van der Waals surface area (Å²) >= 11 is 0. The number of aromatic nitrogens is 4. The minimum absolute atomic E-state index is 0.251. The fourth-order valence-electron chi connectivity index (χ4n) is 2.60. The van der Waals surface area contributed by atoms with Gasteiger partial charge in [-0.2, -0.15) is 0 Å². The molecule has 0 unspecified atom stereocenters. The van der Waals surface area contributed by atoms with Gasteiger partial charge in [-0.15, -0.1) is 0 Å². The van der Waals surface area contributed by atoms with Crippen LogP contribution in [0, 0.1) is 0 Å². The van der Waals surface area contributed by atoms with Crippen molar-refractivity contribution >= 4 is 21.1 Å². The van der Waals surface area contributed by atoms with E-state index in [1.54, 1.807) is 24.4 Å². The van der Waals surface area contributed by atoms with Gasteiger partial charge >= 0.3 is 0 Å². The molecule has 0 saturated carbocycles. The second-order valence-corrected chi connectivity index (χ2v) is 8.37. The third-order valence-electron chi connectivity index (χ3n) is 3.87. The summed E-state index contributed by atoms with van der Waals surface area (Å²) in [5.74, 6) is 2.08. The van der Waals surface area contributed by atoms with Crippen molar-refractivity contribution in [2.24, 2.45) is 0 Å². The van der Waals surface area contributed by atoms with E-state index >= 15 is 0 Å². The van der Waals surface area contributed by atoms with E-state index in [9.17, 15) is 8.42 Å². The first-order chi connectivity index (χ1) is 11.3. The van der Waals surface area contributed by atoms with Crippen LogP contribution in [-0.2, 0) is 16.6 Å². The maximum absolute atomic E-state index is 12.2. The molecule has 0 saturated heterocycles. The van der Waals surface area contributed by atoms with Crippen LogP contribution in [0.5, 0.6) is 0 Å². The van der Waals surface area contributed by atoms with Crippen molar-refractivity contribution in [1.29, 1.82) is 0 Å². The molecular weight excluding hydrogens is 326 g/mol. The fraction of sp³-hybridized carbons (Fsp3) is 0.375. The molecule has 1 N–H and O–H groups in total. The Labute approximate surface area is 141 Å². The number of hydrogen-bond donors (Lipinski definition) is 1. The zero-order valence-electron chi connectivity index (χ0n) is 14.2. The maximum Gasteiger partial charge on any atom is 0.242 e. The molecule has 0 aliphatic heterocycles. The SMILES string of the molecule is CC(C)c1nccn1Cc1nc2ccc(S(=O)(=O)N(C)C)cc2[nH]1. The van der Waals surface area contributed by atoms with Crippen LogP contribution >= 0.6 is 0 Å². The zero-order chi connectivity index (χ0) is 17.5. The molecule has 1 aromatic carbocycles. The Hall–Kier alpha value is -2.19. The monoisotopic (exact) mass is 347 g/mol. The van der Waals surface area contributed by atoms with E-state index in [4.69, 9.17) is 0 Å². The molecule has 8 heteroatoms. The number of fused-ring (bicyclic) bond motifs is 1. The molecule has 0 bridgehead atoms. The maximum atomic E-state index is 12.2. The van der Waals surface area contributed by atoms with Crippen molar-refractivity contribution in [2.45, 2.75) is 31.2 Å². The Balaban J connectivity index is 1.96. The topological polar surface area (TPSA) is 83.9 Å². The number of hydrogen-bond acceptors (Lipinski definition) is 4. The normalized spacial score (nSPS) is 12.6. The summed E-state index contributed by atoms with van der Waals surface area (Å²) in [7, 11) is -0.420. The van der Waals surface area contributed by atoms with E-state index in [1.807, 2.05) is 10.8 Å². The number of rotatable bonds is 5. The van der Waals surface area contributed by atoms with Crippen LogP contribution in [-0.4, -0.2) is 46.3 Å². The number of nitrogens with one attached hydrogen (secondary N) is 1. The minimum Gasteiger partial charge on any atom is -0.340 e. The Morgan fingerprint density at radius 3 is 2.71 bits per heavy atom. The van der Waals surface area contributed by atoms with E-state index in [0.717, 1.165) is 17.2 Å². The average molecular weight is 347 g/mol. The first kappa shape index (κ1) is 16.7. The first-order valence-corrected chi connectivity index (χ1v) is 9.15. The molecule has 0 spiro atoms. The molecule has 24 heavy (non-hydrogen) atoms. The van der Waals surface area contributed by atoms with E-state index in [-0.39, 0.29) is 4.90 Å². The number of sulfonamides is 1. The van der Waals surface area contributed by atoms with Gasteiger partial charge in [-0.25, -0.2) is 22.7 Å². The predicted molar refractivity (Wildman–Crippen MR) is 92.4 cm³/mol. The molecular formula is C16H21N5O2S. The van der Waals surface area contributed by atoms with Crippen molar-refractivity contribution in [3.05, 3.63) is 42.2 Å². The molecule has 3 rings (SSSR count). The van der Waals surface area contributed by atoms with Gasteiger partial charge in [-0.1, -0.05) is 13.8 Å². The summed E-state index contributed by atoms with van der Waals surface area (Å²) in [6.07, 6.45) is 3.70. The second-order valence-electron chi connectivity index (χ2n) is 6.22. The van der Waals surface area contributed by atoms with Crippen LogP contribution in [0.2, 0.25) is 0 Å². The number of H-pyrrole nitrogens is 1. The van der Waals surface area contributed by atoms with Crippen molar-refractivity contribution in [3.63, 3.8) is 0 Å². The average Bonchev–Trinajstić information content (AvgIpc) is 3.12. The van der Waals surface area contributed by atoms with Crippen molar-refractivity contribution < 1.29 is 8.42 Å². The highest BCUT2D eigenvalue weighted by Gasteiger charge is 2.18. The standard InChI is InChI=1S/C16H21N5O2S/c1-11(2)16-17-7-8-21(16)10-15-18-13-6-5-12(9-14(13)19-15)24(22,23)20(3)4/h5-9,11H,10H2,1-4H3,(H,18,19). The van der Waals surface area contributed by atoms with Crippen LogP contribution in [0.15, 0.2) is 35.5 Å². The van der Waals surface area contributed by atoms with E-state index < -0.39 is 10.0 Å². The molecule has 128 valence electrons. The largest absolute Gasteiger partial charge is 0.340 e. The second kappa shape index (κ2) is 6.03. The molecule has 0 amide bonds. The zero-order valence-corrected chi connectivity index (χ0v) is 15.0. The van der Waals surface area contributed by atoms with Gasteiger partial charge in [0.05, 0.1) is 22.5 Å². The summed E-state index contributed by atoms with van der Waals surface area (Å²) < 4.78 is 27.7. The Kier molecular flexibility index (Phi) is 4.18. The van der Waals surface area contributed by atoms with Crippen LogP contribution in [0.25, 0.3) is 11.0 Å². The molecule has 0 fully saturated rings. The van der Waals surface area contributed by atoms with E-state index in [1.165, 1.54) is 18.4 Å². The van der Waals surface area contributed by atoms with Crippen LogP contribution in [0.1, 0.15) is 31.4 Å². The van der Waals surface area contributed by atoms with Gasteiger partial charge in [0.15, 0.2) is 0 Å². The Bertz CT molecular complexity index is 969. The predicted octanol–water partition coefficient (Wildman–Crippen LogP) is 2.18. The molecule has 0 aliphatic rings. The lowest BCUT2D eigenvalue weighted by Crippen LogP contribution is -2.22. The lowest BCUT2D eigenvalue weighted by molar-refractivity contribution is 0.521. The van der Waals surface area contributed by atoms with Gasteiger partial charge < -0.3 is 9.55 Å². The van der Waals surface area contributed by atoms with Gasteiger partial charge in [-0.05, 0) is 18.2 Å². The number of aromatic amines is 1. The number of nitrogens with zero attached hydrogens (tertiary/aromatic N) is 4. The molecule has 7 nitrogen and oxygen atoms in total. The van der Waals surface area contributed by atoms with Crippen molar-refractivity contribution in [3.8, 4) is 0 Å². The minimum atomic E-state index is -3.46. The quantitative estimate of drug-likeness (QED) is 0.767. The summed E-state index contributed by atoms with van der Waals surface area (Å²) in [5, 5.41) is 0. The van der Waals surface area contributed by atoms with Gasteiger partial charge in [0, 0.05) is 32.4 Å². The van der Waals surface area contributed by atoms with Gasteiger partial charge in [0.25, 0.3) is 0 Å².